The average Bonchev–Trinajstić information content (AvgIpc) is 2.64. The van der Waals surface area contributed by atoms with Crippen LogP contribution >= 0.6 is 11.5 Å². The Morgan fingerprint density at radius 2 is 2.43 bits per heavy atom. The lowest BCUT2D eigenvalue weighted by Crippen LogP contribution is -2.26. The van der Waals surface area contributed by atoms with Crippen LogP contribution < -0.4 is 5.32 Å². The van der Waals surface area contributed by atoms with E-state index in [1.807, 2.05) is 14.1 Å². The van der Waals surface area contributed by atoms with Crippen LogP contribution in [0.4, 0.5) is 0 Å². The molecule has 1 aromatic heterocycles. The molecule has 1 heterocycles. The highest BCUT2D eigenvalue weighted by molar-refractivity contribution is 7.08. The molecule has 0 aliphatic heterocycles. The Bertz CT molecular complexity index is 272. The minimum Gasteiger partial charge on any atom is -0.351 e. The second-order valence-corrected chi connectivity index (χ2v) is 4.12. The van der Waals surface area contributed by atoms with E-state index in [2.05, 4.69) is 14.6 Å². The van der Waals surface area contributed by atoms with Crippen LogP contribution in [-0.2, 0) is 0 Å². The highest BCUT2D eigenvalue weighted by atomic mass is 32.1. The molecule has 1 amide bonds. The average molecular weight is 213 g/mol. The smallest absolute Gasteiger partial charge is 0.262 e. The molecule has 0 aliphatic rings. The van der Waals surface area contributed by atoms with E-state index in [0.29, 0.717) is 4.88 Å². The molecule has 1 N–H and O–H groups in total. The van der Waals surface area contributed by atoms with Crippen molar-refractivity contribution in [1.82, 2.24) is 14.6 Å². The van der Waals surface area contributed by atoms with E-state index in [1.165, 1.54) is 11.5 Å². The Kier molecular flexibility index (Phi) is 4.55. The molecule has 4 nitrogen and oxygen atoms in total. The van der Waals surface area contributed by atoms with E-state index in [0.717, 1.165) is 19.5 Å². The number of amides is 1. The maximum Gasteiger partial charge on any atom is 0.262 e. The molecule has 1 aromatic rings. The van der Waals surface area contributed by atoms with Crippen molar-refractivity contribution in [1.29, 1.82) is 0 Å². The van der Waals surface area contributed by atoms with E-state index in [1.54, 1.807) is 12.3 Å². The summed E-state index contributed by atoms with van der Waals surface area (Å²) in [4.78, 5) is 14.2. The third-order valence-electron chi connectivity index (χ3n) is 1.73. The number of aromatic nitrogens is 1. The first-order chi connectivity index (χ1) is 6.70. The monoisotopic (exact) mass is 213 g/mol. The van der Waals surface area contributed by atoms with Gasteiger partial charge in [-0.2, -0.15) is 0 Å². The standard InChI is InChI=1S/C9H15N3OS/c1-12(2)7-3-5-10-9(13)8-4-6-11-14-8/h4,6H,3,5,7H2,1-2H3,(H,10,13). The number of nitrogens with one attached hydrogen (secondary N) is 1. The Labute approximate surface area is 88.1 Å². The van der Waals surface area contributed by atoms with Crippen molar-refractivity contribution < 1.29 is 4.79 Å². The lowest BCUT2D eigenvalue weighted by molar-refractivity contribution is 0.0956. The van der Waals surface area contributed by atoms with Gasteiger partial charge >= 0.3 is 0 Å². The topological polar surface area (TPSA) is 45.2 Å². The lowest BCUT2D eigenvalue weighted by Gasteiger charge is -2.09. The van der Waals surface area contributed by atoms with Crippen molar-refractivity contribution in [2.24, 2.45) is 0 Å². The van der Waals surface area contributed by atoms with Crippen LogP contribution in [0.1, 0.15) is 16.1 Å². The van der Waals surface area contributed by atoms with E-state index in [4.69, 9.17) is 0 Å². The number of carbonyl (C=O) groups is 1. The molecule has 14 heavy (non-hydrogen) atoms. The Morgan fingerprint density at radius 3 is 3.00 bits per heavy atom. The number of carbonyl (C=O) groups excluding carboxylic acids is 1. The molecule has 0 fully saturated rings. The van der Waals surface area contributed by atoms with E-state index < -0.39 is 0 Å². The van der Waals surface area contributed by atoms with Crippen LogP contribution in [0.15, 0.2) is 12.3 Å². The first-order valence-electron chi connectivity index (χ1n) is 4.54. The first-order valence-corrected chi connectivity index (χ1v) is 5.31. The van der Waals surface area contributed by atoms with Gasteiger partial charge in [-0.15, -0.1) is 0 Å². The highest BCUT2D eigenvalue weighted by Gasteiger charge is 2.05. The maximum absolute atomic E-state index is 11.4. The molecule has 0 atom stereocenters. The number of nitrogens with zero attached hydrogens (tertiary/aromatic N) is 2. The van der Waals surface area contributed by atoms with Gasteiger partial charge in [-0.1, -0.05) is 0 Å². The van der Waals surface area contributed by atoms with Gasteiger partial charge < -0.3 is 10.2 Å². The van der Waals surface area contributed by atoms with E-state index in [-0.39, 0.29) is 5.91 Å². The van der Waals surface area contributed by atoms with E-state index in [9.17, 15) is 4.79 Å². The molecule has 0 aliphatic carbocycles. The minimum atomic E-state index is -0.0220. The summed E-state index contributed by atoms with van der Waals surface area (Å²) in [6.07, 6.45) is 2.61. The zero-order chi connectivity index (χ0) is 10.4. The zero-order valence-corrected chi connectivity index (χ0v) is 9.30. The van der Waals surface area contributed by atoms with Crippen LogP contribution in [0.25, 0.3) is 0 Å². The van der Waals surface area contributed by atoms with Crippen LogP contribution in [0.5, 0.6) is 0 Å². The summed E-state index contributed by atoms with van der Waals surface area (Å²) in [5, 5.41) is 2.85. The normalized spacial score (nSPS) is 10.5. The summed E-state index contributed by atoms with van der Waals surface area (Å²) in [6.45, 7) is 1.71. The van der Waals surface area contributed by atoms with Crippen LogP contribution in [-0.4, -0.2) is 42.4 Å². The molecular formula is C9H15N3OS. The first kappa shape index (κ1) is 11.1. The van der Waals surface area contributed by atoms with Crippen molar-refractivity contribution >= 4 is 17.4 Å². The van der Waals surface area contributed by atoms with Gasteiger partial charge in [-0.25, -0.2) is 4.37 Å². The predicted molar refractivity (Wildman–Crippen MR) is 57.6 cm³/mol. The number of rotatable bonds is 5. The number of hydrogen-bond acceptors (Lipinski definition) is 4. The van der Waals surface area contributed by atoms with Gasteiger partial charge in [0.05, 0.1) is 0 Å². The van der Waals surface area contributed by atoms with Gasteiger partial charge in [0, 0.05) is 12.7 Å². The fourth-order valence-corrected chi connectivity index (χ4v) is 1.53. The third-order valence-corrected chi connectivity index (χ3v) is 2.47. The lowest BCUT2D eigenvalue weighted by atomic mass is 10.4. The van der Waals surface area contributed by atoms with Crippen molar-refractivity contribution in [2.75, 3.05) is 27.2 Å². The molecule has 0 bridgehead atoms. The fourth-order valence-electron chi connectivity index (χ4n) is 1.02. The van der Waals surface area contributed by atoms with Crippen molar-refractivity contribution in [3.8, 4) is 0 Å². The molecule has 78 valence electrons. The second-order valence-electron chi connectivity index (χ2n) is 3.29. The van der Waals surface area contributed by atoms with Gasteiger partial charge in [0.2, 0.25) is 0 Å². The number of hydrogen-bond donors (Lipinski definition) is 1. The Balaban J connectivity index is 2.16. The molecule has 0 saturated carbocycles. The second kappa shape index (κ2) is 5.72. The Hall–Kier alpha value is -0.940. The SMILES string of the molecule is CN(C)CCCNC(=O)c1ccns1. The highest BCUT2D eigenvalue weighted by Crippen LogP contribution is 2.03. The van der Waals surface area contributed by atoms with Gasteiger partial charge in [0.25, 0.3) is 5.91 Å². The van der Waals surface area contributed by atoms with Gasteiger partial charge in [-0.05, 0) is 44.7 Å². The summed E-state index contributed by atoms with van der Waals surface area (Å²) >= 11 is 1.22. The predicted octanol–water partition coefficient (Wildman–Crippen LogP) is 0.825. The van der Waals surface area contributed by atoms with Crippen LogP contribution in [0.2, 0.25) is 0 Å². The summed E-state index contributed by atoms with van der Waals surface area (Å²) in [5.74, 6) is -0.0220. The summed E-state index contributed by atoms with van der Waals surface area (Å²) in [5.41, 5.74) is 0. The van der Waals surface area contributed by atoms with Gasteiger partial charge in [0.1, 0.15) is 4.88 Å². The third kappa shape index (κ3) is 3.85. The summed E-state index contributed by atoms with van der Waals surface area (Å²) in [7, 11) is 4.04. The molecule has 0 unspecified atom stereocenters. The van der Waals surface area contributed by atoms with Crippen LogP contribution in [0.3, 0.4) is 0 Å². The zero-order valence-electron chi connectivity index (χ0n) is 8.49. The van der Waals surface area contributed by atoms with Crippen molar-refractivity contribution in [3.63, 3.8) is 0 Å². The Morgan fingerprint density at radius 1 is 1.64 bits per heavy atom. The van der Waals surface area contributed by atoms with Crippen molar-refractivity contribution in [2.45, 2.75) is 6.42 Å². The molecule has 5 heteroatoms. The molecular weight excluding hydrogens is 198 g/mol. The van der Waals surface area contributed by atoms with Crippen molar-refractivity contribution in [3.05, 3.63) is 17.1 Å². The molecule has 0 saturated heterocycles. The van der Waals surface area contributed by atoms with Crippen LogP contribution in [0, 0.1) is 0 Å². The minimum absolute atomic E-state index is 0.0220. The van der Waals surface area contributed by atoms with Gasteiger partial charge in [0.15, 0.2) is 0 Å². The quantitative estimate of drug-likeness (QED) is 0.737. The largest absolute Gasteiger partial charge is 0.351 e. The summed E-state index contributed by atoms with van der Waals surface area (Å²) < 4.78 is 3.87. The fraction of sp³-hybridized carbons (Fsp3) is 0.556. The summed E-state index contributed by atoms with van der Waals surface area (Å²) in [6, 6.07) is 1.73. The van der Waals surface area contributed by atoms with Gasteiger partial charge in [-0.3, -0.25) is 4.79 Å². The molecule has 0 radical (unpaired) electrons. The maximum atomic E-state index is 11.4. The molecule has 1 rings (SSSR count). The van der Waals surface area contributed by atoms with E-state index >= 15 is 0 Å². The molecule has 0 aromatic carbocycles. The molecule has 0 spiro atoms.